The van der Waals surface area contributed by atoms with Crippen molar-refractivity contribution in [2.24, 2.45) is 0 Å². The highest BCUT2D eigenvalue weighted by Gasteiger charge is 2.28. The van der Waals surface area contributed by atoms with Crippen LogP contribution in [0.25, 0.3) is 0 Å². The highest BCUT2D eigenvalue weighted by Crippen LogP contribution is 2.21. The van der Waals surface area contributed by atoms with E-state index in [-0.39, 0.29) is 5.41 Å². The van der Waals surface area contributed by atoms with Gasteiger partial charge in [0, 0.05) is 25.0 Å². The summed E-state index contributed by atoms with van der Waals surface area (Å²) in [7, 11) is -3.46. The van der Waals surface area contributed by atoms with Crippen LogP contribution in [-0.2, 0) is 22.0 Å². The maximum Gasteiger partial charge on any atom is 0.243 e. The SMILES string of the molecule is Cc1ccc(S(=O)(=O)N2CCCN(Cc3noc(C(C)(C)C)n3)CC2)cc1. The van der Waals surface area contributed by atoms with Gasteiger partial charge in [0.05, 0.1) is 11.4 Å². The van der Waals surface area contributed by atoms with Gasteiger partial charge < -0.3 is 4.52 Å². The summed E-state index contributed by atoms with van der Waals surface area (Å²) < 4.78 is 32.7. The molecule has 0 bridgehead atoms. The van der Waals surface area contributed by atoms with Gasteiger partial charge in [-0.2, -0.15) is 9.29 Å². The van der Waals surface area contributed by atoms with E-state index in [0.717, 1.165) is 18.5 Å². The van der Waals surface area contributed by atoms with Gasteiger partial charge in [0.2, 0.25) is 15.9 Å². The lowest BCUT2D eigenvalue weighted by molar-refractivity contribution is 0.264. The van der Waals surface area contributed by atoms with Crippen molar-refractivity contribution in [3.8, 4) is 0 Å². The average molecular weight is 393 g/mol. The van der Waals surface area contributed by atoms with Crippen LogP contribution in [0, 0.1) is 6.92 Å². The second-order valence-electron chi connectivity index (χ2n) is 8.11. The Balaban J connectivity index is 1.65. The van der Waals surface area contributed by atoms with E-state index in [9.17, 15) is 8.42 Å². The Labute approximate surface area is 161 Å². The summed E-state index contributed by atoms with van der Waals surface area (Å²) in [6.45, 7) is 11.0. The van der Waals surface area contributed by atoms with Crippen LogP contribution >= 0.6 is 0 Å². The van der Waals surface area contributed by atoms with E-state index in [4.69, 9.17) is 4.52 Å². The predicted molar refractivity (Wildman–Crippen MR) is 103 cm³/mol. The number of hydrogen-bond donors (Lipinski definition) is 0. The Kier molecular flexibility index (Phi) is 5.69. The van der Waals surface area contributed by atoms with Gasteiger partial charge in [-0.3, -0.25) is 4.90 Å². The van der Waals surface area contributed by atoms with Gasteiger partial charge in [-0.1, -0.05) is 43.6 Å². The van der Waals surface area contributed by atoms with Crippen molar-refractivity contribution in [3.63, 3.8) is 0 Å². The van der Waals surface area contributed by atoms with Crippen molar-refractivity contribution in [2.75, 3.05) is 26.2 Å². The molecule has 1 aliphatic heterocycles. The van der Waals surface area contributed by atoms with Crippen molar-refractivity contribution in [1.82, 2.24) is 19.3 Å². The molecular formula is C19H28N4O3S. The minimum absolute atomic E-state index is 0.178. The summed E-state index contributed by atoms with van der Waals surface area (Å²) in [5.74, 6) is 1.27. The fourth-order valence-corrected chi connectivity index (χ4v) is 4.50. The fraction of sp³-hybridized carbons (Fsp3) is 0.579. The van der Waals surface area contributed by atoms with Crippen LogP contribution in [0.2, 0.25) is 0 Å². The minimum Gasteiger partial charge on any atom is -0.339 e. The highest BCUT2D eigenvalue weighted by atomic mass is 32.2. The molecule has 8 heteroatoms. The molecule has 0 saturated carbocycles. The van der Waals surface area contributed by atoms with Gasteiger partial charge in [0.1, 0.15) is 0 Å². The molecule has 1 fully saturated rings. The average Bonchev–Trinajstić information content (AvgIpc) is 2.94. The van der Waals surface area contributed by atoms with Crippen molar-refractivity contribution >= 4 is 10.0 Å². The number of sulfonamides is 1. The lowest BCUT2D eigenvalue weighted by Gasteiger charge is -2.21. The zero-order valence-corrected chi connectivity index (χ0v) is 17.3. The molecule has 27 heavy (non-hydrogen) atoms. The second kappa shape index (κ2) is 7.69. The fourth-order valence-electron chi connectivity index (χ4n) is 3.03. The molecule has 2 heterocycles. The smallest absolute Gasteiger partial charge is 0.243 e. The maximum absolute atomic E-state index is 12.9. The topological polar surface area (TPSA) is 79.5 Å². The van der Waals surface area contributed by atoms with Crippen LogP contribution < -0.4 is 0 Å². The molecule has 0 aliphatic carbocycles. The molecule has 1 aromatic heterocycles. The number of hydrogen-bond acceptors (Lipinski definition) is 6. The van der Waals surface area contributed by atoms with E-state index in [1.165, 1.54) is 0 Å². The van der Waals surface area contributed by atoms with Crippen molar-refractivity contribution < 1.29 is 12.9 Å². The number of benzene rings is 1. The number of nitrogens with zero attached hydrogens (tertiary/aromatic N) is 4. The summed E-state index contributed by atoms with van der Waals surface area (Å²) in [6, 6.07) is 7.03. The molecule has 3 rings (SSSR count). The molecule has 1 aromatic carbocycles. The van der Waals surface area contributed by atoms with Gasteiger partial charge in [-0.05, 0) is 32.0 Å². The highest BCUT2D eigenvalue weighted by molar-refractivity contribution is 7.89. The van der Waals surface area contributed by atoms with E-state index in [1.54, 1.807) is 16.4 Å². The first-order valence-corrected chi connectivity index (χ1v) is 10.7. The summed E-state index contributed by atoms with van der Waals surface area (Å²) in [6.07, 6.45) is 0.773. The van der Waals surface area contributed by atoms with E-state index in [2.05, 4.69) is 15.0 Å². The lowest BCUT2D eigenvalue weighted by Crippen LogP contribution is -2.35. The molecule has 0 radical (unpaired) electrons. The van der Waals surface area contributed by atoms with Gasteiger partial charge in [-0.25, -0.2) is 8.42 Å². The first kappa shape index (κ1) is 20.0. The molecule has 0 unspecified atom stereocenters. The Morgan fingerprint density at radius 2 is 1.78 bits per heavy atom. The molecule has 0 atom stereocenters. The van der Waals surface area contributed by atoms with Crippen LogP contribution in [0.3, 0.4) is 0 Å². The zero-order valence-electron chi connectivity index (χ0n) is 16.5. The van der Waals surface area contributed by atoms with Gasteiger partial charge in [0.15, 0.2) is 5.82 Å². The number of aromatic nitrogens is 2. The second-order valence-corrected chi connectivity index (χ2v) is 10.1. The van der Waals surface area contributed by atoms with Crippen LogP contribution in [0.15, 0.2) is 33.7 Å². The Morgan fingerprint density at radius 3 is 2.41 bits per heavy atom. The Hall–Kier alpha value is -1.77. The van der Waals surface area contributed by atoms with Crippen LogP contribution in [-0.4, -0.2) is 53.9 Å². The van der Waals surface area contributed by atoms with Crippen molar-refractivity contribution in [3.05, 3.63) is 41.5 Å². The van der Waals surface area contributed by atoms with E-state index in [1.807, 2.05) is 39.8 Å². The normalized spacial score (nSPS) is 17.8. The third-order valence-corrected chi connectivity index (χ3v) is 6.59. The molecular weight excluding hydrogens is 364 g/mol. The first-order valence-electron chi connectivity index (χ1n) is 9.28. The monoisotopic (exact) mass is 392 g/mol. The minimum atomic E-state index is -3.46. The molecule has 0 N–H and O–H groups in total. The van der Waals surface area contributed by atoms with Crippen LogP contribution in [0.4, 0.5) is 0 Å². The third kappa shape index (κ3) is 4.75. The summed E-state index contributed by atoms with van der Waals surface area (Å²) in [5, 5.41) is 4.07. The van der Waals surface area contributed by atoms with Crippen molar-refractivity contribution in [1.29, 1.82) is 0 Å². The third-order valence-electron chi connectivity index (χ3n) is 4.68. The Bertz CT molecular complexity index is 869. The van der Waals surface area contributed by atoms with E-state index < -0.39 is 10.0 Å². The standard InChI is InChI=1S/C19H28N4O3S/c1-15-6-8-16(9-7-15)27(24,25)23-11-5-10-22(12-13-23)14-17-20-18(26-21-17)19(2,3)4/h6-9H,5,10-14H2,1-4H3. The number of aryl methyl sites for hydroxylation is 1. The van der Waals surface area contributed by atoms with Crippen molar-refractivity contribution in [2.45, 2.75) is 51.0 Å². The summed E-state index contributed by atoms with van der Waals surface area (Å²) in [4.78, 5) is 7.02. The molecule has 1 saturated heterocycles. The summed E-state index contributed by atoms with van der Waals surface area (Å²) >= 11 is 0. The lowest BCUT2D eigenvalue weighted by atomic mass is 9.97. The summed E-state index contributed by atoms with van der Waals surface area (Å²) in [5.41, 5.74) is 0.869. The van der Waals surface area contributed by atoms with Gasteiger partial charge in [0.25, 0.3) is 0 Å². The zero-order chi connectivity index (χ0) is 19.7. The maximum atomic E-state index is 12.9. The van der Waals surface area contributed by atoms with E-state index in [0.29, 0.717) is 42.8 Å². The molecule has 0 spiro atoms. The van der Waals surface area contributed by atoms with Gasteiger partial charge >= 0.3 is 0 Å². The first-order chi connectivity index (χ1) is 12.7. The molecule has 0 amide bonds. The quantitative estimate of drug-likeness (QED) is 0.796. The van der Waals surface area contributed by atoms with E-state index >= 15 is 0 Å². The molecule has 1 aliphatic rings. The van der Waals surface area contributed by atoms with Crippen LogP contribution in [0.5, 0.6) is 0 Å². The van der Waals surface area contributed by atoms with Gasteiger partial charge in [-0.15, -0.1) is 0 Å². The number of rotatable bonds is 4. The molecule has 7 nitrogen and oxygen atoms in total. The molecule has 2 aromatic rings. The largest absolute Gasteiger partial charge is 0.339 e. The predicted octanol–water partition coefficient (Wildman–Crippen LogP) is 2.57. The Morgan fingerprint density at radius 1 is 1.07 bits per heavy atom. The molecule has 148 valence electrons. The van der Waals surface area contributed by atoms with Crippen LogP contribution in [0.1, 0.15) is 44.5 Å².